The minimum atomic E-state index is -0.457. The van der Waals surface area contributed by atoms with Crippen LogP contribution in [0.5, 0.6) is 0 Å². The van der Waals surface area contributed by atoms with E-state index in [9.17, 15) is 4.79 Å². The lowest BCUT2D eigenvalue weighted by Crippen LogP contribution is -2.14. The number of nitrogens with zero attached hydrogens (tertiary/aromatic N) is 1. The molecule has 14 heavy (non-hydrogen) atoms. The molecule has 0 fully saturated rings. The van der Waals surface area contributed by atoms with Crippen molar-refractivity contribution >= 4 is 11.7 Å². The van der Waals surface area contributed by atoms with Crippen LogP contribution >= 0.6 is 0 Å². The van der Waals surface area contributed by atoms with Gasteiger partial charge in [0.25, 0.3) is 0 Å². The Hall–Kier alpha value is -1.32. The number of esters is 1. The number of carbonyl (C=O) groups is 1. The van der Waals surface area contributed by atoms with Gasteiger partial charge in [-0.05, 0) is 13.8 Å². The quantitative estimate of drug-likeness (QED) is 0.225. The van der Waals surface area contributed by atoms with Gasteiger partial charge in [-0.15, -0.1) is 0 Å². The van der Waals surface area contributed by atoms with E-state index in [1.165, 1.54) is 6.92 Å². The van der Waals surface area contributed by atoms with E-state index >= 15 is 0 Å². The number of rotatable bonds is 5. The molecule has 0 rings (SSSR count). The molecule has 0 aliphatic carbocycles. The van der Waals surface area contributed by atoms with E-state index in [0.29, 0.717) is 6.61 Å². The van der Waals surface area contributed by atoms with Crippen LogP contribution in [0.4, 0.5) is 0 Å². The lowest BCUT2D eigenvalue weighted by atomic mass is 10.4. The summed E-state index contributed by atoms with van der Waals surface area (Å²) in [5.41, 5.74) is 0.207. The fourth-order valence-electron chi connectivity index (χ4n) is 0.460. The third-order valence-electron chi connectivity index (χ3n) is 0.965. The molecule has 82 valence electrons. The van der Waals surface area contributed by atoms with Gasteiger partial charge in [-0.1, -0.05) is 31.7 Å². The molecular formula is C10H19NO3. The Kier molecular flexibility index (Phi) is 12.7. The third kappa shape index (κ3) is 8.77. The Balaban J connectivity index is 0. The number of oxime groups is 1. The number of ether oxygens (including phenoxy) is 1. The summed E-state index contributed by atoms with van der Waals surface area (Å²) in [7, 11) is 0. The highest BCUT2D eigenvalue weighted by atomic mass is 16.6. The second kappa shape index (κ2) is 11.7. The molecule has 0 unspecified atom stereocenters. The highest BCUT2D eigenvalue weighted by Crippen LogP contribution is 1.86. The SMILES string of the molecule is C=CCO/N=C(/C)C(=O)OCC.CC. The summed E-state index contributed by atoms with van der Waals surface area (Å²) in [6.07, 6.45) is 1.54. The molecule has 0 aromatic heterocycles. The first-order valence-corrected chi connectivity index (χ1v) is 4.67. The van der Waals surface area contributed by atoms with Crippen LogP contribution < -0.4 is 0 Å². The Labute approximate surface area is 85.6 Å². The van der Waals surface area contributed by atoms with Gasteiger partial charge in [0.2, 0.25) is 0 Å². The molecule has 0 heterocycles. The molecule has 0 aromatic carbocycles. The van der Waals surface area contributed by atoms with Gasteiger partial charge in [-0.3, -0.25) is 0 Å². The van der Waals surface area contributed by atoms with Crippen molar-refractivity contribution in [3.8, 4) is 0 Å². The Morgan fingerprint density at radius 3 is 2.50 bits per heavy atom. The van der Waals surface area contributed by atoms with Gasteiger partial charge in [0.05, 0.1) is 6.61 Å². The van der Waals surface area contributed by atoms with E-state index in [2.05, 4.69) is 21.3 Å². The molecule has 0 amide bonds. The van der Waals surface area contributed by atoms with Crippen LogP contribution in [0.1, 0.15) is 27.7 Å². The summed E-state index contributed by atoms with van der Waals surface area (Å²) in [5.74, 6) is -0.457. The molecule has 0 spiro atoms. The smallest absolute Gasteiger partial charge is 0.355 e. The maximum absolute atomic E-state index is 10.9. The summed E-state index contributed by atoms with van der Waals surface area (Å²) in [4.78, 5) is 15.6. The summed E-state index contributed by atoms with van der Waals surface area (Å²) in [6.45, 7) is 11.3. The average Bonchev–Trinajstić information content (AvgIpc) is 2.21. The summed E-state index contributed by atoms with van der Waals surface area (Å²) >= 11 is 0. The summed E-state index contributed by atoms with van der Waals surface area (Å²) < 4.78 is 4.66. The summed E-state index contributed by atoms with van der Waals surface area (Å²) in [6, 6.07) is 0. The van der Waals surface area contributed by atoms with Crippen molar-refractivity contribution in [2.45, 2.75) is 27.7 Å². The van der Waals surface area contributed by atoms with Gasteiger partial charge in [0, 0.05) is 0 Å². The Bertz CT molecular complexity index is 188. The van der Waals surface area contributed by atoms with E-state index in [4.69, 9.17) is 0 Å². The molecule has 0 radical (unpaired) electrons. The van der Waals surface area contributed by atoms with Crippen molar-refractivity contribution in [3.05, 3.63) is 12.7 Å². The van der Waals surface area contributed by atoms with Crippen molar-refractivity contribution in [2.24, 2.45) is 5.16 Å². The standard InChI is InChI=1S/C8H13NO3.C2H6/c1-4-6-12-9-7(3)8(10)11-5-2;1-2/h4H,1,5-6H2,2-3H3;1-2H3/b9-7-;. The molecule has 4 heteroatoms. The molecule has 4 nitrogen and oxygen atoms in total. The highest BCUT2D eigenvalue weighted by molar-refractivity contribution is 6.35. The summed E-state index contributed by atoms with van der Waals surface area (Å²) in [5, 5.41) is 3.50. The molecular weight excluding hydrogens is 182 g/mol. The normalized spacial score (nSPS) is 9.57. The zero-order chi connectivity index (χ0) is 11.4. The van der Waals surface area contributed by atoms with Gasteiger partial charge >= 0.3 is 5.97 Å². The van der Waals surface area contributed by atoms with E-state index < -0.39 is 5.97 Å². The van der Waals surface area contributed by atoms with Crippen molar-refractivity contribution in [2.75, 3.05) is 13.2 Å². The van der Waals surface area contributed by atoms with Gasteiger partial charge in [-0.25, -0.2) is 4.79 Å². The molecule has 0 saturated carbocycles. The lowest BCUT2D eigenvalue weighted by molar-refractivity contribution is -0.135. The van der Waals surface area contributed by atoms with Crippen LogP contribution in [0, 0.1) is 0 Å². The largest absolute Gasteiger partial charge is 0.461 e. The minimum absolute atomic E-state index is 0.207. The van der Waals surface area contributed by atoms with Gasteiger partial charge in [0.15, 0.2) is 5.71 Å². The maximum Gasteiger partial charge on any atom is 0.355 e. The zero-order valence-electron chi connectivity index (χ0n) is 9.37. The molecule has 0 atom stereocenters. The topological polar surface area (TPSA) is 47.9 Å². The Morgan fingerprint density at radius 1 is 1.50 bits per heavy atom. The first kappa shape index (κ1) is 15.2. The fraction of sp³-hybridized carbons (Fsp3) is 0.600. The van der Waals surface area contributed by atoms with E-state index in [1.54, 1.807) is 13.0 Å². The van der Waals surface area contributed by atoms with Crippen LogP contribution in [-0.2, 0) is 14.4 Å². The lowest BCUT2D eigenvalue weighted by Gasteiger charge is -1.99. The average molecular weight is 201 g/mol. The maximum atomic E-state index is 10.9. The molecule has 0 N–H and O–H groups in total. The van der Waals surface area contributed by atoms with E-state index in [0.717, 1.165) is 0 Å². The minimum Gasteiger partial charge on any atom is -0.461 e. The first-order chi connectivity index (χ1) is 6.72. The predicted molar refractivity (Wildman–Crippen MR) is 57.2 cm³/mol. The number of hydrogen-bond acceptors (Lipinski definition) is 4. The molecule has 0 bridgehead atoms. The van der Waals surface area contributed by atoms with Crippen LogP contribution in [0.3, 0.4) is 0 Å². The van der Waals surface area contributed by atoms with Gasteiger partial charge in [0.1, 0.15) is 6.61 Å². The van der Waals surface area contributed by atoms with Crippen LogP contribution in [0.2, 0.25) is 0 Å². The molecule has 0 saturated heterocycles. The second-order valence-electron chi connectivity index (χ2n) is 1.98. The molecule has 0 aromatic rings. The van der Waals surface area contributed by atoms with Crippen molar-refractivity contribution in [1.29, 1.82) is 0 Å². The predicted octanol–water partition coefficient (Wildman–Crippen LogP) is 2.15. The highest BCUT2D eigenvalue weighted by Gasteiger charge is 2.05. The van der Waals surface area contributed by atoms with Crippen molar-refractivity contribution < 1.29 is 14.4 Å². The second-order valence-corrected chi connectivity index (χ2v) is 1.98. The number of carbonyl (C=O) groups excluding carboxylic acids is 1. The van der Waals surface area contributed by atoms with Crippen molar-refractivity contribution in [3.63, 3.8) is 0 Å². The third-order valence-corrected chi connectivity index (χ3v) is 0.965. The fourth-order valence-corrected chi connectivity index (χ4v) is 0.460. The number of hydrogen-bond donors (Lipinski definition) is 0. The van der Waals surface area contributed by atoms with Crippen LogP contribution in [0.15, 0.2) is 17.8 Å². The zero-order valence-corrected chi connectivity index (χ0v) is 9.37. The van der Waals surface area contributed by atoms with Gasteiger partial charge < -0.3 is 9.57 Å². The van der Waals surface area contributed by atoms with E-state index in [-0.39, 0.29) is 12.3 Å². The first-order valence-electron chi connectivity index (χ1n) is 4.67. The van der Waals surface area contributed by atoms with Gasteiger partial charge in [-0.2, -0.15) is 0 Å². The van der Waals surface area contributed by atoms with Crippen LogP contribution in [-0.4, -0.2) is 24.9 Å². The molecule has 0 aliphatic rings. The Morgan fingerprint density at radius 2 is 2.07 bits per heavy atom. The van der Waals surface area contributed by atoms with Crippen molar-refractivity contribution in [1.82, 2.24) is 0 Å². The van der Waals surface area contributed by atoms with Crippen LogP contribution in [0.25, 0.3) is 0 Å². The molecule has 0 aliphatic heterocycles. The van der Waals surface area contributed by atoms with E-state index in [1.807, 2.05) is 13.8 Å². The monoisotopic (exact) mass is 201 g/mol.